The number of benzene rings is 1. The Labute approximate surface area is 146 Å². The first kappa shape index (κ1) is 16.9. The quantitative estimate of drug-likeness (QED) is 0.602. The van der Waals surface area contributed by atoms with Gasteiger partial charge in [-0.1, -0.05) is 11.6 Å². The van der Waals surface area contributed by atoms with Crippen molar-refractivity contribution < 1.29 is 13.5 Å². The molecule has 0 fully saturated rings. The third-order valence-corrected chi connectivity index (χ3v) is 4.36. The van der Waals surface area contributed by atoms with Crippen molar-refractivity contribution in [2.24, 2.45) is 0 Å². The van der Waals surface area contributed by atoms with E-state index < -0.39 is 5.76 Å². The molecule has 0 saturated carbocycles. The van der Waals surface area contributed by atoms with Gasteiger partial charge in [0.25, 0.3) is 5.76 Å². The average Bonchev–Trinajstić information content (AvgIpc) is 2.95. The Morgan fingerprint density at radius 1 is 1.29 bits per heavy atom. The SMILES string of the molecule is CCn1c(COc2ccc(Cl)c3cccnc23)nnc1SC(F)F. The van der Waals surface area contributed by atoms with Crippen molar-refractivity contribution in [2.75, 3.05) is 0 Å². The van der Waals surface area contributed by atoms with Crippen molar-refractivity contribution in [2.45, 2.75) is 31.0 Å². The minimum absolute atomic E-state index is 0.0952. The zero-order chi connectivity index (χ0) is 17.1. The molecule has 0 amide bonds. The van der Waals surface area contributed by atoms with Crippen LogP contribution in [0.25, 0.3) is 10.9 Å². The van der Waals surface area contributed by atoms with Gasteiger partial charge in [-0.05, 0) is 43.0 Å². The zero-order valence-electron chi connectivity index (χ0n) is 12.6. The highest BCUT2D eigenvalue weighted by Crippen LogP contribution is 2.30. The highest BCUT2D eigenvalue weighted by atomic mass is 35.5. The molecule has 0 saturated heterocycles. The molecule has 2 heterocycles. The molecule has 0 spiro atoms. The fourth-order valence-electron chi connectivity index (χ4n) is 2.28. The predicted octanol–water partition coefficient (Wildman–Crippen LogP) is 4.39. The summed E-state index contributed by atoms with van der Waals surface area (Å²) >= 11 is 6.52. The van der Waals surface area contributed by atoms with Crippen LogP contribution in [-0.2, 0) is 13.2 Å². The van der Waals surface area contributed by atoms with Gasteiger partial charge in [0.1, 0.15) is 17.9 Å². The van der Waals surface area contributed by atoms with Crippen LogP contribution in [0.3, 0.4) is 0 Å². The van der Waals surface area contributed by atoms with Crippen LogP contribution in [0.4, 0.5) is 8.78 Å². The molecule has 126 valence electrons. The average molecular weight is 371 g/mol. The van der Waals surface area contributed by atoms with E-state index in [4.69, 9.17) is 16.3 Å². The number of nitrogens with zero attached hydrogens (tertiary/aromatic N) is 4. The minimum Gasteiger partial charge on any atom is -0.483 e. The third-order valence-electron chi connectivity index (χ3n) is 3.34. The maximum atomic E-state index is 12.5. The Kier molecular flexibility index (Phi) is 5.15. The van der Waals surface area contributed by atoms with Crippen molar-refractivity contribution >= 4 is 34.3 Å². The molecule has 0 aliphatic heterocycles. The molecule has 0 atom stereocenters. The summed E-state index contributed by atoms with van der Waals surface area (Å²) in [6.07, 6.45) is 1.65. The van der Waals surface area contributed by atoms with Crippen molar-refractivity contribution in [1.29, 1.82) is 0 Å². The van der Waals surface area contributed by atoms with E-state index in [9.17, 15) is 8.78 Å². The number of halogens is 3. The summed E-state index contributed by atoms with van der Waals surface area (Å²) in [5.41, 5.74) is 0.634. The van der Waals surface area contributed by atoms with Crippen molar-refractivity contribution in [1.82, 2.24) is 19.7 Å². The topological polar surface area (TPSA) is 52.8 Å². The lowest BCUT2D eigenvalue weighted by Gasteiger charge is -2.10. The monoisotopic (exact) mass is 370 g/mol. The molecule has 2 aromatic heterocycles. The van der Waals surface area contributed by atoms with E-state index in [-0.39, 0.29) is 11.8 Å². The van der Waals surface area contributed by atoms with Gasteiger partial charge in [0.05, 0.1) is 5.02 Å². The number of fused-ring (bicyclic) bond motifs is 1. The van der Waals surface area contributed by atoms with Crippen molar-refractivity contribution in [3.05, 3.63) is 41.3 Å². The molecule has 0 aliphatic rings. The first-order valence-corrected chi connectivity index (χ1v) is 8.38. The van der Waals surface area contributed by atoms with Crippen LogP contribution < -0.4 is 4.74 Å². The molecule has 3 aromatic rings. The number of alkyl halides is 2. The first-order chi connectivity index (χ1) is 11.6. The first-order valence-electron chi connectivity index (χ1n) is 7.13. The van der Waals surface area contributed by atoms with E-state index >= 15 is 0 Å². The molecule has 0 N–H and O–H groups in total. The molecule has 0 radical (unpaired) electrons. The van der Waals surface area contributed by atoms with Gasteiger partial charge in [-0.3, -0.25) is 4.98 Å². The normalized spacial score (nSPS) is 11.4. The summed E-state index contributed by atoms with van der Waals surface area (Å²) in [5, 5.41) is 9.27. The molecular weight excluding hydrogens is 358 g/mol. The number of pyridine rings is 1. The lowest BCUT2D eigenvalue weighted by atomic mass is 10.2. The van der Waals surface area contributed by atoms with Crippen LogP contribution in [-0.4, -0.2) is 25.5 Å². The van der Waals surface area contributed by atoms with E-state index in [0.717, 1.165) is 5.39 Å². The molecule has 5 nitrogen and oxygen atoms in total. The van der Waals surface area contributed by atoms with Crippen molar-refractivity contribution in [3.8, 4) is 5.75 Å². The van der Waals surface area contributed by atoms with Gasteiger partial charge in [-0.25, -0.2) is 0 Å². The Bertz CT molecular complexity index is 859. The second-order valence-corrected chi connectivity index (χ2v) is 6.12. The minimum atomic E-state index is -2.54. The Morgan fingerprint density at radius 3 is 2.88 bits per heavy atom. The molecule has 9 heteroatoms. The highest BCUT2D eigenvalue weighted by Gasteiger charge is 2.17. The summed E-state index contributed by atoms with van der Waals surface area (Å²) in [4.78, 5) is 4.29. The van der Waals surface area contributed by atoms with Gasteiger partial charge in [-0.15, -0.1) is 10.2 Å². The van der Waals surface area contributed by atoms with Gasteiger partial charge in [0, 0.05) is 18.1 Å². The molecule has 24 heavy (non-hydrogen) atoms. The molecular formula is C15H13ClF2N4OS. The fourth-order valence-corrected chi connectivity index (χ4v) is 3.11. The summed E-state index contributed by atoms with van der Waals surface area (Å²) in [6.45, 7) is 2.40. The van der Waals surface area contributed by atoms with Gasteiger partial charge >= 0.3 is 0 Å². The number of hydrogen-bond donors (Lipinski definition) is 0. The van der Waals surface area contributed by atoms with E-state index in [1.165, 1.54) is 0 Å². The van der Waals surface area contributed by atoms with Gasteiger partial charge < -0.3 is 9.30 Å². The van der Waals surface area contributed by atoms with Gasteiger partial charge in [0.2, 0.25) is 0 Å². The van der Waals surface area contributed by atoms with E-state index in [0.29, 0.717) is 40.4 Å². The largest absolute Gasteiger partial charge is 0.483 e. The maximum Gasteiger partial charge on any atom is 0.291 e. The van der Waals surface area contributed by atoms with E-state index in [1.54, 1.807) is 29.0 Å². The second kappa shape index (κ2) is 7.31. The zero-order valence-corrected chi connectivity index (χ0v) is 14.2. The molecule has 1 aromatic carbocycles. The van der Waals surface area contributed by atoms with Gasteiger partial charge in [-0.2, -0.15) is 8.78 Å². The van der Waals surface area contributed by atoms with E-state index in [2.05, 4.69) is 15.2 Å². The molecule has 0 unspecified atom stereocenters. The predicted molar refractivity (Wildman–Crippen MR) is 88.6 cm³/mol. The number of rotatable bonds is 6. The maximum absolute atomic E-state index is 12.5. The smallest absolute Gasteiger partial charge is 0.291 e. The molecule has 0 bridgehead atoms. The third kappa shape index (κ3) is 3.44. The number of thioether (sulfide) groups is 1. The van der Waals surface area contributed by atoms with Crippen molar-refractivity contribution in [3.63, 3.8) is 0 Å². The van der Waals surface area contributed by atoms with Crippen LogP contribution in [0.1, 0.15) is 12.7 Å². The van der Waals surface area contributed by atoms with Crippen LogP contribution >= 0.6 is 23.4 Å². The summed E-state index contributed by atoms with van der Waals surface area (Å²) in [6, 6.07) is 7.09. The standard InChI is InChI=1S/C15H13ClF2N4OS/c1-2-22-12(20-21-15(22)24-14(17)18)8-23-11-6-5-10(16)9-4-3-7-19-13(9)11/h3-7,14H,2,8H2,1H3. The van der Waals surface area contributed by atoms with E-state index in [1.807, 2.05) is 13.0 Å². The number of ether oxygens (including phenoxy) is 1. The van der Waals surface area contributed by atoms with Crippen LogP contribution in [0.5, 0.6) is 5.75 Å². The number of aromatic nitrogens is 4. The number of hydrogen-bond acceptors (Lipinski definition) is 5. The van der Waals surface area contributed by atoms with Gasteiger partial charge in [0.15, 0.2) is 11.0 Å². The highest BCUT2D eigenvalue weighted by molar-refractivity contribution is 7.99. The Balaban J connectivity index is 1.84. The lowest BCUT2D eigenvalue weighted by molar-refractivity contribution is 0.251. The Morgan fingerprint density at radius 2 is 2.12 bits per heavy atom. The van der Waals surface area contributed by atoms with Crippen LogP contribution in [0.2, 0.25) is 5.02 Å². The Hall–Kier alpha value is -1.93. The lowest BCUT2D eigenvalue weighted by Crippen LogP contribution is -2.07. The summed E-state index contributed by atoms with van der Waals surface area (Å²) in [7, 11) is 0. The molecule has 0 aliphatic carbocycles. The van der Waals surface area contributed by atoms with Crippen LogP contribution in [0, 0.1) is 0 Å². The second-order valence-electron chi connectivity index (χ2n) is 4.76. The van der Waals surface area contributed by atoms with Crippen LogP contribution in [0.15, 0.2) is 35.6 Å². The summed E-state index contributed by atoms with van der Waals surface area (Å²) < 4.78 is 32.5. The summed E-state index contributed by atoms with van der Waals surface area (Å²) in [5.74, 6) is -1.53. The molecule has 3 rings (SSSR count). The fraction of sp³-hybridized carbons (Fsp3) is 0.267.